The molecular formula is C12H22. The van der Waals surface area contributed by atoms with E-state index in [2.05, 4.69) is 41.5 Å². The van der Waals surface area contributed by atoms with Gasteiger partial charge in [-0.05, 0) is 30.6 Å². The van der Waals surface area contributed by atoms with E-state index in [1.54, 1.807) is 11.1 Å². The predicted octanol–water partition coefficient (Wildman–Crippen LogP) is 4.17. The molecule has 1 aliphatic carbocycles. The molecular weight excluding hydrogens is 144 g/mol. The number of hydrogen-bond donors (Lipinski definition) is 0. The summed E-state index contributed by atoms with van der Waals surface area (Å²) in [6.45, 7) is 14.0. The molecule has 0 unspecified atom stereocenters. The summed E-state index contributed by atoms with van der Waals surface area (Å²) in [5.74, 6) is 0. The van der Waals surface area contributed by atoms with Crippen molar-refractivity contribution in [3.63, 3.8) is 0 Å². The van der Waals surface area contributed by atoms with Crippen molar-refractivity contribution in [2.45, 2.75) is 54.4 Å². The third-order valence-corrected chi connectivity index (χ3v) is 2.62. The van der Waals surface area contributed by atoms with E-state index in [4.69, 9.17) is 0 Å². The van der Waals surface area contributed by atoms with Crippen molar-refractivity contribution in [1.29, 1.82) is 0 Å². The molecule has 0 saturated carbocycles. The van der Waals surface area contributed by atoms with Crippen molar-refractivity contribution in [3.8, 4) is 0 Å². The summed E-state index contributed by atoms with van der Waals surface area (Å²) in [6.07, 6.45) is 2.59. The molecule has 0 radical (unpaired) electrons. The van der Waals surface area contributed by atoms with Gasteiger partial charge < -0.3 is 0 Å². The Labute approximate surface area is 77.1 Å². The topological polar surface area (TPSA) is 0 Å². The van der Waals surface area contributed by atoms with Gasteiger partial charge in [0.05, 0.1) is 0 Å². The highest BCUT2D eigenvalue weighted by molar-refractivity contribution is 5.38. The standard InChI is InChI=1S/C12H22/c1-9-7-10(9)12(5,6)8-11(2,3)4/h7-8H2,1-6H3. The van der Waals surface area contributed by atoms with Crippen LogP contribution in [0.25, 0.3) is 0 Å². The summed E-state index contributed by atoms with van der Waals surface area (Å²) in [5, 5.41) is 0. The number of rotatable bonds is 2. The van der Waals surface area contributed by atoms with E-state index in [-0.39, 0.29) is 0 Å². The highest BCUT2D eigenvalue weighted by Gasteiger charge is 2.35. The van der Waals surface area contributed by atoms with Crippen LogP contribution in [0.15, 0.2) is 11.1 Å². The van der Waals surface area contributed by atoms with Gasteiger partial charge in [0.25, 0.3) is 0 Å². The molecule has 0 bridgehead atoms. The van der Waals surface area contributed by atoms with Crippen LogP contribution in [0.2, 0.25) is 0 Å². The summed E-state index contributed by atoms with van der Waals surface area (Å²) in [7, 11) is 0. The van der Waals surface area contributed by atoms with Crippen molar-refractivity contribution in [2.24, 2.45) is 10.8 Å². The first-order valence-corrected chi connectivity index (χ1v) is 4.91. The fourth-order valence-corrected chi connectivity index (χ4v) is 2.47. The van der Waals surface area contributed by atoms with E-state index >= 15 is 0 Å². The lowest BCUT2D eigenvalue weighted by Crippen LogP contribution is -2.19. The van der Waals surface area contributed by atoms with Crippen LogP contribution in [-0.2, 0) is 0 Å². The summed E-state index contributed by atoms with van der Waals surface area (Å²) in [5.41, 5.74) is 4.24. The molecule has 0 nitrogen and oxygen atoms in total. The zero-order chi connectivity index (χ0) is 9.57. The zero-order valence-electron chi connectivity index (χ0n) is 9.41. The van der Waals surface area contributed by atoms with Crippen LogP contribution in [0.1, 0.15) is 54.4 Å². The summed E-state index contributed by atoms with van der Waals surface area (Å²) in [4.78, 5) is 0. The van der Waals surface area contributed by atoms with E-state index in [1.807, 2.05) is 0 Å². The van der Waals surface area contributed by atoms with E-state index in [9.17, 15) is 0 Å². The van der Waals surface area contributed by atoms with Gasteiger partial charge in [-0.3, -0.25) is 0 Å². The largest absolute Gasteiger partial charge is 0.0692 e. The summed E-state index contributed by atoms with van der Waals surface area (Å²) >= 11 is 0. The van der Waals surface area contributed by atoms with Crippen LogP contribution in [-0.4, -0.2) is 0 Å². The molecule has 0 amide bonds. The Balaban J connectivity index is 2.62. The molecule has 0 aromatic rings. The van der Waals surface area contributed by atoms with E-state index in [0.717, 1.165) is 0 Å². The molecule has 0 heterocycles. The van der Waals surface area contributed by atoms with Crippen molar-refractivity contribution < 1.29 is 0 Å². The van der Waals surface area contributed by atoms with Crippen LogP contribution >= 0.6 is 0 Å². The minimum Gasteiger partial charge on any atom is -0.0692 e. The van der Waals surface area contributed by atoms with Gasteiger partial charge in [-0.25, -0.2) is 0 Å². The molecule has 1 rings (SSSR count). The van der Waals surface area contributed by atoms with Crippen molar-refractivity contribution in [2.75, 3.05) is 0 Å². The van der Waals surface area contributed by atoms with Crippen LogP contribution in [0.4, 0.5) is 0 Å². The normalized spacial score (nSPS) is 18.5. The van der Waals surface area contributed by atoms with E-state index in [0.29, 0.717) is 10.8 Å². The van der Waals surface area contributed by atoms with Crippen molar-refractivity contribution in [3.05, 3.63) is 11.1 Å². The number of allylic oxidation sites excluding steroid dienone is 2. The minimum absolute atomic E-state index is 0.447. The molecule has 0 N–H and O–H groups in total. The van der Waals surface area contributed by atoms with Gasteiger partial charge in [-0.1, -0.05) is 45.8 Å². The minimum atomic E-state index is 0.447. The maximum atomic E-state index is 2.38. The lowest BCUT2D eigenvalue weighted by Gasteiger charge is -2.31. The maximum absolute atomic E-state index is 2.38. The Morgan fingerprint density at radius 2 is 1.50 bits per heavy atom. The Hall–Kier alpha value is -0.260. The predicted molar refractivity (Wildman–Crippen MR) is 55.2 cm³/mol. The molecule has 0 atom stereocenters. The van der Waals surface area contributed by atoms with Crippen LogP contribution in [0, 0.1) is 10.8 Å². The van der Waals surface area contributed by atoms with Gasteiger partial charge in [0.2, 0.25) is 0 Å². The molecule has 0 heteroatoms. The number of hydrogen-bond acceptors (Lipinski definition) is 0. The third kappa shape index (κ3) is 2.36. The monoisotopic (exact) mass is 166 g/mol. The van der Waals surface area contributed by atoms with Gasteiger partial charge in [-0.15, -0.1) is 0 Å². The maximum Gasteiger partial charge on any atom is -0.0100 e. The summed E-state index contributed by atoms with van der Waals surface area (Å²) < 4.78 is 0. The first kappa shape index (κ1) is 9.83. The van der Waals surface area contributed by atoms with E-state index in [1.165, 1.54) is 12.8 Å². The first-order valence-electron chi connectivity index (χ1n) is 4.91. The molecule has 1 aliphatic rings. The second-order valence-corrected chi connectivity index (χ2v) is 6.06. The summed E-state index contributed by atoms with van der Waals surface area (Å²) in [6, 6.07) is 0. The van der Waals surface area contributed by atoms with Gasteiger partial charge in [0, 0.05) is 0 Å². The van der Waals surface area contributed by atoms with E-state index < -0.39 is 0 Å². The molecule has 0 saturated heterocycles. The average Bonchev–Trinajstić information content (AvgIpc) is 2.38. The molecule has 0 spiro atoms. The molecule has 0 aromatic heterocycles. The Morgan fingerprint density at radius 1 is 1.08 bits per heavy atom. The van der Waals surface area contributed by atoms with Crippen LogP contribution in [0.5, 0.6) is 0 Å². The zero-order valence-corrected chi connectivity index (χ0v) is 9.41. The fraction of sp³-hybridized carbons (Fsp3) is 0.833. The highest BCUT2D eigenvalue weighted by atomic mass is 14.4. The second kappa shape index (κ2) is 2.61. The Bertz CT molecular complexity index is 211. The molecule has 70 valence electrons. The highest BCUT2D eigenvalue weighted by Crippen LogP contribution is 2.49. The second-order valence-electron chi connectivity index (χ2n) is 6.06. The quantitative estimate of drug-likeness (QED) is 0.540. The lowest BCUT2D eigenvalue weighted by atomic mass is 9.74. The van der Waals surface area contributed by atoms with Crippen molar-refractivity contribution >= 4 is 0 Å². The Morgan fingerprint density at radius 3 is 1.75 bits per heavy atom. The van der Waals surface area contributed by atoms with Gasteiger partial charge in [0.15, 0.2) is 0 Å². The first-order chi connectivity index (χ1) is 5.22. The fourth-order valence-electron chi connectivity index (χ4n) is 2.47. The molecule has 0 fully saturated rings. The van der Waals surface area contributed by atoms with Crippen molar-refractivity contribution in [1.82, 2.24) is 0 Å². The van der Waals surface area contributed by atoms with Gasteiger partial charge in [0.1, 0.15) is 0 Å². The van der Waals surface area contributed by atoms with Gasteiger partial charge in [-0.2, -0.15) is 0 Å². The van der Waals surface area contributed by atoms with Gasteiger partial charge >= 0.3 is 0 Å². The van der Waals surface area contributed by atoms with Crippen LogP contribution < -0.4 is 0 Å². The Kier molecular flexibility index (Phi) is 2.14. The van der Waals surface area contributed by atoms with Crippen LogP contribution in [0.3, 0.4) is 0 Å². The average molecular weight is 166 g/mol. The lowest BCUT2D eigenvalue weighted by molar-refractivity contribution is 0.254. The SMILES string of the molecule is CC1=C(C(C)(C)CC(C)(C)C)C1. The smallest absolute Gasteiger partial charge is 0.0100 e. The molecule has 0 aliphatic heterocycles. The molecule has 12 heavy (non-hydrogen) atoms. The third-order valence-electron chi connectivity index (χ3n) is 2.62. The molecule has 0 aromatic carbocycles.